The molecule has 2 aromatic rings. The number of rotatable bonds is 5. The Balaban J connectivity index is 1.28. The lowest BCUT2D eigenvalue weighted by Crippen LogP contribution is -2.25. The molecule has 0 bridgehead atoms. The zero-order chi connectivity index (χ0) is 20.4. The van der Waals surface area contributed by atoms with Gasteiger partial charge in [-0.15, -0.1) is 0 Å². The predicted molar refractivity (Wildman–Crippen MR) is 119 cm³/mol. The first-order valence-electron chi connectivity index (χ1n) is 9.54. The van der Waals surface area contributed by atoms with Gasteiger partial charge in [0.1, 0.15) is 0 Å². The summed E-state index contributed by atoms with van der Waals surface area (Å²) < 4.78 is 23.3. The van der Waals surface area contributed by atoms with Crippen molar-refractivity contribution in [1.29, 1.82) is 0 Å². The third kappa shape index (κ3) is 5.00. The highest BCUT2D eigenvalue weighted by molar-refractivity contribution is 8.15. The lowest BCUT2D eigenvalue weighted by molar-refractivity contribution is 0.0954. The van der Waals surface area contributed by atoms with Gasteiger partial charge in [-0.3, -0.25) is 9.79 Å². The number of amides is 1. The summed E-state index contributed by atoms with van der Waals surface area (Å²) in [6.45, 7) is 2.64. The first kappa shape index (κ1) is 20.0. The number of amidine groups is 1. The first-order valence-corrected chi connectivity index (χ1v) is 12.2. The third-order valence-electron chi connectivity index (χ3n) is 5.04. The molecule has 8 heteroatoms. The summed E-state index contributed by atoms with van der Waals surface area (Å²) in [6, 6.07) is 15.4. The van der Waals surface area contributed by atoms with Crippen molar-refractivity contribution in [3.05, 3.63) is 65.2 Å². The molecule has 2 heterocycles. The van der Waals surface area contributed by atoms with Crippen molar-refractivity contribution in [3.8, 4) is 0 Å². The number of hydrogen-bond acceptors (Lipinski definition) is 6. The molecular weight excluding hydrogens is 406 g/mol. The molecule has 6 nitrogen and oxygen atoms in total. The van der Waals surface area contributed by atoms with Crippen molar-refractivity contribution in [2.24, 2.45) is 4.99 Å². The number of thioether (sulfide) groups is 1. The van der Waals surface area contributed by atoms with Gasteiger partial charge in [0.25, 0.3) is 5.91 Å². The summed E-state index contributed by atoms with van der Waals surface area (Å²) in [5.74, 6) is 0.229. The molecule has 0 unspecified atom stereocenters. The molecule has 1 saturated heterocycles. The molecule has 152 valence electrons. The summed E-state index contributed by atoms with van der Waals surface area (Å²) in [4.78, 5) is 16.8. The van der Waals surface area contributed by atoms with Crippen LogP contribution in [0.25, 0.3) is 0 Å². The van der Waals surface area contributed by atoms with Gasteiger partial charge in [-0.05, 0) is 43.2 Å². The largest absolute Gasteiger partial charge is 0.352 e. The maximum absolute atomic E-state index is 12.3. The van der Waals surface area contributed by atoms with Gasteiger partial charge in [0.05, 0.1) is 17.5 Å². The number of sulfone groups is 1. The fourth-order valence-corrected chi connectivity index (χ4v) is 7.10. The number of carbonyl (C=O) groups excluding carboxylic acids is 1. The van der Waals surface area contributed by atoms with E-state index >= 15 is 0 Å². The number of fused-ring (bicyclic) bond motifs is 1. The van der Waals surface area contributed by atoms with E-state index in [1.807, 2.05) is 12.1 Å². The van der Waals surface area contributed by atoms with E-state index in [2.05, 4.69) is 46.8 Å². The normalized spacial score (nSPS) is 22.0. The molecule has 0 spiro atoms. The number of nitrogens with one attached hydrogen (secondary N) is 2. The van der Waals surface area contributed by atoms with Gasteiger partial charge in [-0.25, -0.2) is 8.42 Å². The molecular formula is C21H23N3O3S2. The average molecular weight is 430 g/mol. The Morgan fingerprint density at radius 3 is 2.52 bits per heavy atom. The maximum atomic E-state index is 12.3. The Labute approximate surface area is 175 Å². The van der Waals surface area contributed by atoms with E-state index < -0.39 is 9.84 Å². The van der Waals surface area contributed by atoms with Crippen LogP contribution < -0.4 is 10.6 Å². The SMILES string of the molecule is Cc1ccc(CCNC(=O)c2ccc(NC3=N[C@@H]4CS(=O)(=O)C[C@@H]4S3)cc2)cc1. The minimum absolute atomic E-state index is 0.0149. The van der Waals surface area contributed by atoms with Crippen LogP contribution >= 0.6 is 11.8 Å². The van der Waals surface area contributed by atoms with Gasteiger partial charge in [0, 0.05) is 23.0 Å². The number of benzene rings is 2. The highest BCUT2D eigenvalue weighted by atomic mass is 32.2. The van der Waals surface area contributed by atoms with Gasteiger partial charge < -0.3 is 10.6 Å². The Morgan fingerprint density at radius 1 is 1.10 bits per heavy atom. The van der Waals surface area contributed by atoms with Crippen LogP contribution in [0.1, 0.15) is 21.5 Å². The average Bonchev–Trinajstić information content (AvgIpc) is 3.16. The lowest BCUT2D eigenvalue weighted by atomic mass is 10.1. The second kappa shape index (κ2) is 8.20. The van der Waals surface area contributed by atoms with Gasteiger partial charge >= 0.3 is 0 Å². The minimum Gasteiger partial charge on any atom is -0.352 e. The lowest BCUT2D eigenvalue weighted by Gasteiger charge is -2.09. The smallest absolute Gasteiger partial charge is 0.251 e. The summed E-state index contributed by atoms with van der Waals surface area (Å²) in [5.41, 5.74) is 3.85. The molecule has 2 N–H and O–H groups in total. The second-order valence-corrected chi connectivity index (χ2v) is 10.8. The molecule has 2 aromatic carbocycles. The molecule has 2 atom stereocenters. The summed E-state index contributed by atoms with van der Waals surface area (Å²) in [7, 11) is -2.94. The summed E-state index contributed by atoms with van der Waals surface area (Å²) >= 11 is 1.48. The highest BCUT2D eigenvalue weighted by Gasteiger charge is 2.42. The van der Waals surface area contributed by atoms with E-state index in [1.54, 1.807) is 12.1 Å². The number of hydrogen-bond donors (Lipinski definition) is 2. The van der Waals surface area contributed by atoms with Crippen LogP contribution in [0, 0.1) is 6.92 Å². The number of anilines is 1. The fraction of sp³-hybridized carbons (Fsp3) is 0.333. The van der Waals surface area contributed by atoms with E-state index in [-0.39, 0.29) is 28.7 Å². The van der Waals surface area contributed by atoms with Crippen molar-refractivity contribution in [3.63, 3.8) is 0 Å². The van der Waals surface area contributed by atoms with Crippen LogP contribution in [0.3, 0.4) is 0 Å². The van der Waals surface area contributed by atoms with E-state index in [0.29, 0.717) is 12.1 Å². The van der Waals surface area contributed by atoms with Gasteiger partial charge in [-0.2, -0.15) is 0 Å². The molecule has 29 heavy (non-hydrogen) atoms. The molecule has 0 radical (unpaired) electrons. The quantitative estimate of drug-likeness (QED) is 0.763. The van der Waals surface area contributed by atoms with Crippen LogP contribution in [0.4, 0.5) is 5.69 Å². The van der Waals surface area contributed by atoms with Crippen LogP contribution in [-0.2, 0) is 16.3 Å². The van der Waals surface area contributed by atoms with E-state index in [9.17, 15) is 13.2 Å². The van der Waals surface area contributed by atoms with Crippen molar-refractivity contribution in [1.82, 2.24) is 5.32 Å². The Bertz CT molecular complexity index is 1030. The van der Waals surface area contributed by atoms with Crippen molar-refractivity contribution in [2.45, 2.75) is 24.6 Å². The Morgan fingerprint density at radius 2 is 1.83 bits per heavy atom. The minimum atomic E-state index is -2.94. The third-order valence-corrected chi connectivity index (χ3v) is 8.18. The van der Waals surface area contributed by atoms with Crippen LogP contribution in [0.5, 0.6) is 0 Å². The van der Waals surface area contributed by atoms with Crippen LogP contribution in [0.15, 0.2) is 53.5 Å². The molecule has 1 fully saturated rings. The number of carbonyl (C=O) groups is 1. The van der Waals surface area contributed by atoms with Crippen LogP contribution in [-0.4, -0.2) is 48.8 Å². The number of aliphatic imine (C=N–C) groups is 1. The molecule has 2 aliphatic heterocycles. The van der Waals surface area contributed by atoms with Crippen LogP contribution in [0.2, 0.25) is 0 Å². The van der Waals surface area contributed by atoms with E-state index in [4.69, 9.17) is 0 Å². The van der Waals surface area contributed by atoms with Crippen molar-refractivity contribution < 1.29 is 13.2 Å². The van der Waals surface area contributed by atoms with Gasteiger partial charge in [0.2, 0.25) is 0 Å². The molecule has 1 amide bonds. The zero-order valence-electron chi connectivity index (χ0n) is 16.1. The molecule has 4 rings (SSSR count). The highest BCUT2D eigenvalue weighted by Crippen LogP contribution is 2.34. The molecule has 0 saturated carbocycles. The van der Waals surface area contributed by atoms with Crippen molar-refractivity contribution in [2.75, 3.05) is 23.4 Å². The monoisotopic (exact) mass is 429 g/mol. The number of nitrogens with zero attached hydrogens (tertiary/aromatic N) is 1. The standard InChI is InChI=1S/C21H23N3O3S2/c1-14-2-4-15(5-3-14)10-11-22-20(25)16-6-8-17(9-7-16)23-21-24-18-12-29(26,27)13-19(18)28-21/h2-9,18-19H,10-13H2,1H3,(H,22,25)(H,23,24)/t18-,19+/m1/s1. The second-order valence-electron chi connectivity index (χ2n) is 7.43. The predicted octanol–water partition coefficient (Wildman–Crippen LogP) is 2.65. The van der Waals surface area contributed by atoms with E-state index in [1.165, 1.54) is 22.9 Å². The topological polar surface area (TPSA) is 87.6 Å². The van der Waals surface area contributed by atoms with Gasteiger partial charge in [0.15, 0.2) is 15.0 Å². The van der Waals surface area contributed by atoms with Gasteiger partial charge in [-0.1, -0.05) is 41.6 Å². The first-order chi connectivity index (χ1) is 13.9. The Kier molecular flexibility index (Phi) is 5.65. The zero-order valence-corrected chi connectivity index (χ0v) is 17.7. The maximum Gasteiger partial charge on any atom is 0.251 e. The fourth-order valence-electron chi connectivity index (χ4n) is 3.42. The summed E-state index contributed by atoms with van der Waals surface area (Å²) in [5, 5.41) is 6.92. The number of aryl methyl sites for hydroxylation is 1. The van der Waals surface area contributed by atoms with Crippen molar-refractivity contribution >= 4 is 38.4 Å². The Hall–Kier alpha value is -2.32. The van der Waals surface area contributed by atoms with E-state index in [0.717, 1.165) is 17.3 Å². The summed E-state index contributed by atoms with van der Waals surface area (Å²) in [6.07, 6.45) is 0.792. The molecule has 2 aliphatic rings. The molecule has 0 aliphatic carbocycles. The molecule has 0 aromatic heterocycles.